The highest BCUT2D eigenvalue weighted by Gasteiger charge is 2.35. The highest BCUT2D eigenvalue weighted by molar-refractivity contribution is 5.91. The quantitative estimate of drug-likeness (QED) is 0.722. The number of aromatic amines is 2. The van der Waals surface area contributed by atoms with Gasteiger partial charge < -0.3 is 20.0 Å². The summed E-state index contributed by atoms with van der Waals surface area (Å²) in [5, 5.41) is 9.52. The Balaban J connectivity index is 2.05. The number of aliphatic hydroxyl groups is 1. The minimum absolute atomic E-state index is 0.105. The molecule has 100 valence electrons. The van der Waals surface area contributed by atoms with Gasteiger partial charge in [0.2, 0.25) is 0 Å². The van der Waals surface area contributed by atoms with Crippen LogP contribution in [-0.4, -0.2) is 46.1 Å². The van der Waals surface area contributed by atoms with Gasteiger partial charge in [-0.2, -0.15) is 0 Å². The van der Waals surface area contributed by atoms with Crippen LogP contribution in [0.25, 0.3) is 0 Å². The molecule has 6 nitrogen and oxygen atoms in total. The highest BCUT2D eigenvalue weighted by Crippen LogP contribution is 2.38. The molecule has 0 atom stereocenters. The molecule has 1 fully saturated rings. The van der Waals surface area contributed by atoms with Gasteiger partial charge in [-0.1, -0.05) is 12.8 Å². The van der Waals surface area contributed by atoms with Gasteiger partial charge in [-0.05, 0) is 12.8 Å². The van der Waals surface area contributed by atoms with E-state index < -0.39 is 0 Å². The van der Waals surface area contributed by atoms with Crippen LogP contribution in [0, 0.1) is 5.41 Å². The Morgan fingerprint density at radius 1 is 1.50 bits per heavy atom. The summed E-state index contributed by atoms with van der Waals surface area (Å²) in [5.41, 5.74) is -0.292. The Morgan fingerprint density at radius 3 is 2.67 bits per heavy atom. The number of aliphatic hydroxyl groups excluding tert-OH is 1. The molecule has 1 aromatic heterocycles. The summed E-state index contributed by atoms with van der Waals surface area (Å²) >= 11 is 0. The molecule has 18 heavy (non-hydrogen) atoms. The largest absolute Gasteiger partial charge is 0.396 e. The molecule has 1 aliphatic rings. The normalized spacial score (nSPS) is 17.9. The number of imidazole rings is 1. The monoisotopic (exact) mass is 253 g/mol. The summed E-state index contributed by atoms with van der Waals surface area (Å²) in [7, 11) is 1.70. The maximum Gasteiger partial charge on any atom is 0.323 e. The number of H-pyrrole nitrogens is 2. The molecule has 0 aliphatic heterocycles. The zero-order chi connectivity index (χ0) is 13.2. The average Bonchev–Trinajstić information content (AvgIpc) is 2.98. The van der Waals surface area contributed by atoms with Crippen LogP contribution in [0.1, 0.15) is 36.2 Å². The van der Waals surface area contributed by atoms with Gasteiger partial charge in [-0.3, -0.25) is 4.79 Å². The van der Waals surface area contributed by atoms with Gasteiger partial charge >= 0.3 is 5.69 Å². The van der Waals surface area contributed by atoms with Crippen LogP contribution in [0.3, 0.4) is 0 Å². The maximum absolute atomic E-state index is 12.1. The van der Waals surface area contributed by atoms with E-state index in [1.165, 1.54) is 6.20 Å². The molecule has 1 heterocycles. The maximum atomic E-state index is 12.1. The van der Waals surface area contributed by atoms with E-state index in [2.05, 4.69) is 9.97 Å². The molecule has 0 radical (unpaired) electrons. The van der Waals surface area contributed by atoms with Crippen molar-refractivity contribution in [2.45, 2.75) is 25.7 Å². The van der Waals surface area contributed by atoms with E-state index in [-0.39, 0.29) is 29.3 Å². The molecule has 3 N–H and O–H groups in total. The van der Waals surface area contributed by atoms with Crippen LogP contribution in [0.5, 0.6) is 0 Å². The van der Waals surface area contributed by atoms with Crippen molar-refractivity contribution in [2.75, 3.05) is 20.2 Å². The van der Waals surface area contributed by atoms with E-state index in [1.807, 2.05) is 0 Å². The summed E-state index contributed by atoms with van der Waals surface area (Å²) in [5.74, 6) is -0.229. The third-order valence-corrected chi connectivity index (χ3v) is 3.75. The summed E-state index contributed by atoms with van der Waals surface area (Å²) in [6, 6.07) is 0. The zero-order valence-corrected chi connectivity index (χ0v) is 10.5. The lowest BCUT2D eigenvalue weighted by atomic mass is 9.86. The van der Waals surface area contributed by atoms with E-state index >= 15 is 0 Å². The van der Waals surface area contributed by atoms with Crippen LogP contribution in [0.4, 0.5) is 0 Å². The van der Waals surface area contributed by atoms with Gasteiger partial charge in [0.15, 0.2) is 0 Å². The van der Waals surface area contributed by atoms with Crippen molar-refractivity contribution in [3.8, 4) is 0 Å². The Labute approximate surface area is 105 Å². The Morgan fingerprint density at radius 2 is 2.17 bits per heavy atom. The van der Waals surface area contributed by atoms with Gasteiger partial charge in [-0.25, -0.2) is 4.79 Å². The van der Waals surface area contributed by atoms with Crippen LogP contribution in [0.2, 0.25) is 0 Å². The van der Waals surface area contributed by atoms with E-state index in [4.69, 9.17) is 0 Å². The summed E-state index contributed by atoms with van der Waals surface area (Å²) in [6.07, 6.45) is 5.48. The van der Waals surface area contributed by atoms with Crippen molar-refractivity contribution in [3.05, 3.63) is 22.4 Å². The topological polar surface area (TPSA) is 89.2 Å². The smallest absolute Gasteiger partial charge is 0.323 e. The van der Waals surface area contributed by atoms with Crippen LogP contribution in [-0.2, 0) is 0 Å². The first-order chi connectivity index (χ1) is 8.56. The molecule has 2 rings (SSSR count). The van der Waals surface area contributed by atoms with Crippen LogP contribution >= 0.6 is 0 Å². The molecule has 1 saturated carbocycles. The van der Waals surface area contributed by atoms with Crippen LogP contribution < -0.4 is 5.69 Å². The molecule has 1 aromatic rings. The predicted molar refractivity (Wildman–Crippen MR) is 66.4 cm³/mol. The van der Waals surface area contributed by atoms with Crippen molar-refractivity contribution in [2.24, 2.45) is 5.41 Å². The number of rotatable bonds is 4. The number of hydrogen-bond acceptors (Lipinski definition) is 3. The lowest BCUT2D eigenvalue weighted by molar-refractivity contribution is 0.0590. The molecule has 6 heteroatoms. The van der Waals surface area contributed by atoms with Crippen LogP contribution in [0.15, 0.2) is 11.0 Å². The van der Waals surface area contributed by atoms with Crippen molar-refractivity contribution in [1.29, 1.82) is 0 Å². The second-order valence-electron chi connectivity index (χ2n) is 5.18. The molecule has 0 spiro atoms. The highest BCUT2D eigenvalue weighted by atomic mass is 16.3. The fraction of sp³-hybridized carbons (Fsp3) is 0.667. The predicted octanol–water partition coefficient (Wildman–Crippen LogP) is 0.328. The first-order valence-corrected chi connectivity index (χ1v) is 6.20. The SMILES string of the molecule is CN(CC1(CO)CCCC1)C(=O)c1c[nH]c(=O)[nH]1. The lowest BCUT2D eigenvalue weighted by Crippen LogP contribution is -2.39. The van der Waals surface area contributed by atoms with Crippen molar-refractivity contribution < 1.29 is 9.90 Å². The molecule has 0 unspecified atom stereocenters. The number of carbonyl (C=O) groups is 1. The van der Waals surface area contributed by atoms with Gasteiger partial charge in [0.1, 0.15) is 5.69 Å². The van der Waals surface area contributed by atoms with Crippen molar-refractivity contribution in [3.63, 3.8) is 0 Å². The number of nitrogens with one attached hydrogen (secondary N) is 2. The Kier molecular flexibility index (Phi) is 3.56. The number of carbonyl (C=O) groups excluding carboxylic acids is 1. The summed E-state index contributed by atoms with van der Waals surface area (Å²) in [4.78, 5) is 29.4. The van der Waals surface area contributed by atoms with Crippen molar-refractivity contribution >= 4 is 5.91 Å². The minimum atomic E-state index is -0.385. The molecule has 0 bridgehead atoms. The Hall–Kier alpha value is -1.56. The fourth-order valence-corrected chi connectivity index (χ4v) is 2.72. The third kappa shape index (κ3) is 2.48. The van der Waals surface area contributed by atoms with Gasteiger partial charge in [0.25, 0.3) is 5.91 Å². The first-order valence-electron chi connectivity index (χ1n) is 6.20. The van der Waals surface area contributed by atoms with E-state index in [0.717, 1.165) is 25.7 Å². The van der Waals surface area contributed by atoms with E-state index in [9.17, 15) is 14.7 Å². The van der Waals surface area contributed by atoms with Crippen molar-refractivity contribution in [1.82, 2.24) is 14.9 Å². The second-order valence-corrected chi connectivity index (χ2v) is 5.18. The van der Waals surface area contributed by atoms with Gasteiger partial charge in [0.05, 0.1) is 6.61 Å². The van der Waals surface area contributed by atoms with E-state index in [1.54, 1.807) is 11.9 Å². The number of amides is 1. The number of hydrogen-bond donors (Lipinski definition) is 3. The molecular weight excluding hydrogens is 234 g/mol. The van der Waals surface area contributed by atoms with Gasteiger partial charge in [0, 0.05) is 25.2 Å². The first kappa shape index (κ1) is 12.9. The third-order valence-electron chi connectivity index (χ3n) is 3.75. The lowest BCUT2D eigenvalue weighted by Gasteiger charge is -2.31. The standard InChI is InChI=1S/C12H19N3O3/c1-15(7-12(8-16)4-2-3-5-12)10(17)9-6-13-11(18)14-9/h6,16H,2-5,7-8H2,1H3,(H2,13,14,18). The fourth-order valence-electron chi connectivity index (χ4n) is 2.72. The summed E-state index contributed by atoms with van der Waals surface area (Å²) in [6.45, 7) is 0.629. The number of aromatic nitrogens is 2. The second kappa shape index (κ2) is 4.97. The molecule has 0 saturated heterocycles. The minimum Gasteiger partial charge on any atom is -0.396 e. The van der Waals surface area contributed by atoms with Gasteiger partial charge in [-0.15, -0.1) is 0 Å². The molecular formula is C12H19N3O3. The molecule has 1 aliphatic carbocycles. The Bertz CT molecular complexity index is 471. The zero-order valence-electron chi connectivity index (χ0n) is 10.5. The molecule has 0 aromatic carbocycles. The summed E-state index contributed by atoms with van der Waals surface area (Å²) < 4.78 is 0. The van der Waals surface area contributed by atoms with E-state index in [0.29, 0.717) is 6.54 Å². The average molecular weight is 253 g/mol. The molecule has 1 amide bonds. The number of nitrogens with zero attached hydrogens (tertiary/aromatic N) is 1.